The number of carbonyl (C=O) groups is 1. The summed E-state index contributed by atoms with van der Waals surface area (Å²) in [5.41, 5.74) is 0.0408. The molecule has 0 aliphatic heterocycles. The molecule has 1 aromatic carbocycles. The van der Waals surface area contributed by atoms with E-state index in [1.54, 1.807) is 0 Å². The molecule has 0 saturated heterocycles. The molecule has 0 heterocycles. The van der Waals surface area contributed by atoms with Crippen molar-refractivity contribution in [2.75, 3.05) is 13.7 Å². The van der Waals surface area contributed by atoms with Crippen LogP contribution in [0.5, 0.6) is 11.5 Å². The molecule has 0 bridgehead atoms. The van der Waals surface area contributed by atoms with Crippen LogP contribution in [0.4, 0.5) is 0 Å². The maximum absolute atomic E-state index is 11.5. The van der Waals surface area contributed by atoms with Crippen molar-refractivity contribution in [1.29, 1.82) is 0 Å². The van der Waals surface area contributed by atoms with Crippen LogP contribution in [0.3, 0.4) is 0 Å². The highest BCUT2D eigenvalue weighted by molar-refractivity contribution is 6.02. The monoisotopic (exact) mass is 212 g/mol. The number of phenols is 1. The minimum atomic E-state index is -1.50. The zero-order valence-electron chi connectivity index (χ0n) is 8.17. The van der Waals surface area contributed by atoms with E-state index in [1.165, 1.54) is 25.3 Å². The highest BCUT2D eigenvalue weighted by Gasteiger charge is 2.21. The molecule has 15 heavy (non-hydrogen) atoms. The van der Waals surface area contributed by atoms with Crippen molar-refractivity contribution >= 4 is 5.78 Å². The van der Waals surface area contributed by atoms with Crippen LogP contribution >= 0.6 is 0 Å². The summed E-state index contributed by atoms with van der Waals surface area (Å²) in [4.78, 5) is 11.5. The fourth-order valence-electron chi connectivity index (χ4n) is 1.20. The lowest BCUT2D eigenvalue weighted by Crippen LogP contribution is -2.24. The zero-order valence-corrected chi connectivity index (χ0v) is 8.17. The first-order chi connectivity index (χ1) is 7.11. The lowest BCUT2D eigenvalue weighted by Gasteiger charge is -2.11. The SMILES string of the molecule is COc1c(O)cccc1C(=O)C(O)CO. The minimum Gasteiger partial charge on any atom is -0.504 e. The number of rotatable bonds is 4. The van der Waals surface area contributed by atoms with Gasteiger partial charge in [-0.15, -0.1) is 0 Å². The molecule has 0 aromatic heterocycles. The Morgan fingerprint density at radius 3 is 2.73 bits per heavy atom. The van der Waals surface area contributed by atoms with Crippen LogP contribution in [0.1, 0.15) is 10.4 Å². The zero-order chi connectivity index (χ0) is 11.4. The van der Waals surface area contributed by atoms with Crippen molar-refractivity contribution in [3.05, 3.63) is 23.8 Å². The van der Waals surface area contributed by atoms with Crippen LogP contribution in [0.2, 0.25) is 0 Å². The Bertz CT molecular complexity index is 361. The molecule has 1 unspecified atom stereocenters. The Kier molecular flexibility index (Phi) is 3.65. The number of benzene rings is 1. The van der Waals surface area contributed by atoms with Gasteiger partial charge in [0.05, 0.1) is 19.3 Å². The van der Waals surface area contributed by atoms with Crippen molar-refractivity contribution in [1.82, 2.24) is 0 Å². The summed E-state index contributed by atoms with van der Waals surface area (Å²) >= 11 is 0. The maximum atomic E-state index is 11.5. The van der Waals surface area contributed by atoms with E-state index in [0.29, 0.717) is 0 Å². The molecule has 0 radical (unpaired) electrons. The summed E-state index contributed by atoms with van der Waals surface area (Å²) in [5.74, 6) is -0.881. The van der Waals surface area contributed by atoms with Crippen molar-refractivity contribution in [2.24, 2.45) is 0 Å². The first kappa shape index (κ1) is 11.5. The predicted octanol–water partition coefficient (Wildman–Crippen LogP) is -0.0633. The van der Waals surface area contributed by atoms with Gasteiger partial charge in [-0.25, -0.2) is 0 Å². The number of hydrogen-bond donors (Lipinski definition) is 3. The molecule has 1 rings (SSSR count). The lowest BCUT2D eigenvalue weighted by molar-refractivity contribution is 0.0584. The summed E-state index contributed by atoms with van der Waals surface area (Å²) in [6, 6.07) is 4.22. The summed E-state index contributed by atoms with van der Waals surface area (Å²) in [5, 5.41) is 27.2. The van der Waals surface area contributed by atoms with Gasteiger partial charge in [0.1, 0.15) is 6.10 Å². The van der Waals surface area contributed by atoms with Gasteiger partial charge in [-0.2, -0.15) is 0 Å². The third-order valence-electron chi connectivity index (χ3n) is 1.94. The Morgan fingerprint density at radius 1 is 1.53 bits per heavy atom. The van der Waals surface area contributed by atoms with Gasteiger partial charge in [-0.1, -0.05) is 6.07 Å². The van der Waals surface area contributed by atoms with Gasteiger partial charge >= 0.3 is 0 Å². The van der Waals surface area contributed by atoms with Crippen LogP contribution < -0.4 is 4.74 Å². The third kappa shape index (κ3) is 2.26. The van der Waals surface area contributed by atoms with Crippen LogP contribution in [-0.4, -0.2) is 40.9 Å². The quantitative estimate of drug-likeness (QED) is 0.608. The average Bonchev–Trinajstić information content (AvgIpc) is 2.26. The van der Waals surface area contributed by atoms with Gasteiger partial charge in [0.15, 0.2) is 17.3 Å². The summed E-state index contributed by atoms with van der Waals surface area (Å²) in [6.45, 7) is -0.669. The van der Waals surface area contributed by atoms with E-state index in [0.717, 1.165) is 0 Å². The van der Waals surface area contributed by atoms with E-state index in [1.807, 2.05) is 0 Å². The van der Waals surface area contributed by atoms with Crippen LogP contribution in [0.15, 0.2) is 18.2 Å². The van der Waals surface area contributed by atoms with E-state index in [2.05, 4.69) is 0 Å². The standard InChI is InChI=1S/C10H12O5/c1-15-10-6(3-2-4-7(10)12)9(14)8(13)5-11/h2-4,8,11-13H,5H2,1H3. The number of methoxy groups -OCH3 is 1. The Labute approximate surface area is 86.5 Å². The number of aliphatic hydroxyl groups excluding tert-OH is 2. The second kappa shape index (κ2) is 4.77. The van der Waals surface area contributed by atoms with Crippen molar-refractivity contribution in [3.8, 4) is 11.5 Å². The van der Waals surface area contributed by atoms with Crippen molar-refractivity contribution in [2.45, 2.75) is 6.10 Å². The molecule has 0 saturated carbocycles. The molecule has 3 N–H and O–H groups in total. The van der Waals surface area contributed by atoms with E-state index >= 15 is 0 Å². The van der Waals surface area contributed by atoms with Crippen LogP contribution in [0, 0.1) is 0 Å². The number of aromatic hydroxyl groups is 1. The highest BCUT2D eigenvalue weighted by Crippen LogP contribution is 2.30. The molecule has 82 valence electrons. The molecule has 0 spiro atoms. The van der Waals surface area contributed by atoms with Crippen molar-refractivity contribution in [3.63, 3.8) is 0 Å². The van der Waals surface area contributed by atoms with E-state index in [4.69, 9.17) is 14.9 Å². The number of para-hydroxylation sites is 1. The number of Topliss-reactive ketones (excluding diaryl/α,β-unsaturated/α-hetero) is 1. The Hall–Kier alpha value is -1.59. The molecule has 5 heteroatoms. The van der Waals surface area contributed by atoms with E-state index in [9.17, 15) is 9.90 Å². The number of ketones is 1. The molecule has 5 nitrogen and oxygen atoms in total. The number of hydrogen-bond acceptors (Lipinski definition) is 5. The number of carbonyl (C=O) groups excluding carboxylic acids is 1. The molecule has 0 amide bonds. The fraction of sp³-hybridized carbons (Fsp3) is 0.300. The second-order valence-electron chi connectivity index (χ2n) is 2.92. The molecule has 0 aliphatic rings. The van der Waals surface area contributed by atoms with Gasteiger partial charge in [-0.3, -0.25) is 4.79 Å². The molecular formula is C10H12O5. The largest absolute Gasteiger partial charge is 0.504 e. The first-order valence-corrected chi connectivity index (χ1v) is 4.31. The number of aliphatic hydroxyl groups is 2. The molecule has 0 aliphatic carbocycles. The van der Waals surface area contributed by atoms with E-state index in [-0.39, 0.29) is 17.1 Å². The van der Waals surface area contributed by atoms with Crippen molar-refractivity contribution < 1.29 is 24.9 Å². The maximum Gasteiger partial charge on any atom is 0.197 e. The molecule has 0 fully saturated rings. The smallest absolute Gasteiger partial charge is 0.197 e. The normalized spacial score (nSPS) is 12.2. The summed E-state index contributed by atoms with van der Waals surface area (Å²) in [7, 11) is 1.30. The van der Waals surface area contributed by atoms with Gasteiger partial charge < -0.3 is 20.1 Å². The first-order valence-electron chi connectivity index (χ1n) is 4.31. The predicted molar refractivity (Wildman–Crippen MR) is 52.1 cm³/mol. The summed E-state index contributed by atoms with van der Waals surface area (Å²) in [6.07, 6.45) is -1.50. The topological polar surface area (TPSA) is 87.0 Å². The Morgan fingerprint density at radius 2 is 2.20 bits per heavy atom. The molecule has 1 atom stereocenters. The Balaban J connectivity index is 3.13. The second-order valence-corrected chi connectivity index (χ2v) is 2.92. The van der Waals surface area contributed by atoms with Crippen LogP contribution in [0.25, 0.3) is 0 Å². The fourth-order valence-corrected chi connectivity index (χ4v) is 1.20. The van der Waals surface area contributed by atoms with Gasteiger partial charge in [0, 0.05) is 0 Å². The summed E-state index contributed by atoms with van der Waals surface area (Å²) < 4.78 is 4.83. The minimum absolute atomic E-state index is 0.00463. The average molecular weight is 212 g/mol. The molecule has 1 aromatic rings. The van der Waals surface area contributed by atoms with Gasteiger partial charge in [0.2, 0.25) is 0 Å². The molecular weight excluding hydrogens is 200 g/mol. The highest BCUT2D eigenvalue weighted by atomic mass is 16.5. The third-order valence-corrected chi connectivity index (χ3v) is 1.94. The number of ether oxygens (including phenoxy) is 1. The van der Waals surface area contributed by atoms with Gasteiger partial charge in [0.25, 0.3) is 0 Å². The van der Waals surface area contributed by atoms with E-state index < -0.39 is 18.5 Å². The number of phenolic OH excluding ortho intramolecular Hbond substituents is 1. The van der Waals surface area contributed by atoms with Gasteiger partial charge in [-0.05, 0) is 12.1 Å². The lowest BCUT2D eigenvalue weighted by atomic mass is 10.1. The van der Waals surface area contributed by atoms with Crippen LogP contribution in [-0.2, 0) is 0 Å².